The highest BCUT2D eigenvalue weighted by Gasteiger charge is 2.28. The van der Waals surface area contributed by atoms with E-state index in [0.29, 0.717) is 19.5 Å². The number of primary amides is 1. The van der Waals surface area contributed by atoms with Crippen molar-refractivity contribution in [3.05, 3.63) is 26.9 Å². The zero-order chi connectivity index (χ0) is 13.1. The van der Waals surface area contributed by atoms with Gasteiger partial charge in [-0.2, -0.15) is 0 Å². The van der Waals surface area contributed by atoms with Crippen LogP contribution in [-0.2, 0) is 9.59 Å². The number of hydrogen-bond acceptors (Lipinski definition) is 3. The number of hydrogen-bond donors (Lipinski definition) is 1. The summed E-state index contributed by atoms with van der Waals surface area (Å²) in [5.74, 6) is -0.585. The molecule has 18 heavy (non-hydrogen) atoms. The summed E-state index contributed by atoms with van der Waals surface area (Å²) in [6.45, 7) is 1.04. The summed E-state index contributed by atoms with van der Waals surface area (Å²) in [6, 6.07) is 3.88. The van der Waals surface area contributed by atoms with Crippen LogP contribution in [0.15, 0.2) is 22.0 Å². The van der Waals surface area contributed by atoms with E-state index in [2.05, 4.69) is 15.9 Å². The Hall–Kier alpha value is -1.14. The van der Waals surface area contributed by atoms with Crippen molar-refractivity contribution in [2.75, 3.05) is 13.1 Å². The summed E-state index contributed by atoms with van der Waals surface area (Å²) in [5.41, 5.74) is 5.23. The van der Waals surface area contributed by atoms with E-state index in [-0.39, 0.29) is 17.7 Å². The lowest BCUT2D eigenvalue weighted by molar-refractivity contribution is -0.125. The van der Waals surface area contributed by atoms with Crippen LogP contribution in [0, 0.1) is 5.92 Å². The van der Waals surface area contributed by atoms with Crippen molar-refractivity contribution in [1.29, 1.82) is 0 Å². The van der Waals surface area contributed by atoms with Gasteiger partial charge in [0.25, 0.3) is 0 Å². The zero-order valence-electron chi connectivity index (χ0n) is 9.64. The molecule has 0 aromatic carbocycles. The highest BCUT2D eigenvalue weighted by molar-refractivity contribution is 9.11. The normalized spacial score (nSPS) is 19.6. The molecule has 1 saturated heterocycles. The van der Waals surface area contributed by atoms with E-state index in [1.165, 1.54) is 0 Å². The van der Waals surface area contributed by atoms with Crippen LogP contribution >= 0.6 is 27.3 Å². The van der Waals surface area contributed by atoms with Gasteiger partial charge in [0.15, 0.2) is 0 Å². The number of amides is 2. The van der Waals surface area contributed by atoms with Gasteiger partial charge in [-0.25, -0.2) is 0 Å². The van der Waals surface area contributed by atoms with Crippen molar-refractivity contribution >= 4 is 45.2 Å². The predicted octanol–water partition coefficient (Wildman–Crippen LogP) is 1.86. The lowest BCUT2D eigenvalue weighted by Crippen LogP contribution is -2.30. The minimum absolute atomic E-state index is 0.0664. The molecule has 1 atom stereocenters. The van der Waals surface area contributed by atoms with Gasteiger partial charge in [-0.15, -0.1) is 11.3 Å². The molecule has 0 saturated carbocycles. The van der Waals surface area contributed by atoms with Crippen LogP contribution in [-0.4, -0.2) is 29.8 Å². The molecule has 0 bridgehead atoms. The van der Waals surface area contributed by atoms with Gasteiger partial charge in [-0.1, -0.05) is 0 Å². The standard InChI is InChI=1S/C12H13BrN2O2S/c13-10-3-1-9(18-10)2-4-11(16)15-6-5-8(7-15)12(14)17/h1-4,8H,5-7H2,(H2,14,17). The van der Waals surface area contributed by atoms with E-state index in [4.69, 9.17) is 5.73 Å². The van der Waals surface area contributed by atoms with Crippen LogP contribution in [0.3, 0.4) is 0 Å². The Bertz CT molecular complexity index is 498. The van der Waals surface area contributed by atoms with E-state index in [1.807, 2.05) is 12.1 Å². The first-order valence-electron chi connectivity index (χ1n) is 5.58. The molecule has 0 spiro atoms. The van der Waals surface area contributed by atoms with Crippen molar-refractivity contribution in [2.45, 2.75) is 6.42 Å². The molecule has 4 nitrogen and oxygen atoms in total. The molecule has 0 aliphatic carbocycles. The van der Waals surface area contributed by atoms with E-state index >= 15 is 0 Å². The Labute approximate surface area is 118 Å². The average molecular weight is 329 g/mol. The fraction of sp³-hybridized carbons (Fsp3) is 0.333. The summed E-state index contributed by atoms with van der Waals surface area (Å²) >= 11 is 4.93. The number of halogens is 1. The molecule has 1 aliphatic rings. The number of rotatable bonds is 3. The quantitative estimate of drug-likeness (QED) is 0.861. The van der Waals surface area contributed by atoms with Gasteiger partial charge in [0, 0.05) is 24.0 Å². The number of carbonyl (C=O) groups excluding carboxylic acids is 2. The van der Waals surface area contributed by atoms with E-state index < -0.39 is 0 Å². The second-order valence-corrected chi connectivity index (χ2v) is 6.64. The van der Waals surface area contributed by atoms with E-state index in [1.54, 1.807) is 28.4 Å². The highest BCUT2D eigenvalue weighted by Crippen LogP contribution is 2.23. The maximum Gasteiger partial charge on any atom is 0.246 e. The fourth-order valence-corrected chi connectivity index (χ4v) is 3.20. The molecule has 2 heterocycles. The van der Waals surface area contributed by atoms with Gasteiger partial charge in [-0.3, -0.25) is 9.59 Å². The molecule has 0 radical (unpaired) electrons. The number of nitrogens with zero attached hydrogens (tertiary/aromatic N) is 1. The molecule has 2 N–H and O–H groups in total. The minimum atomic E-state index is -0.323. The van der Waals surface area contributed by atoms with Gasteiger partial charge >= 0.3 is 0 Å². The molecule has 1 unspecified atom stereocenters. The summed E-state index contributed by atoms with van der Waals surface area (Å²) < 4.78 is 1.03. The average Bonchev–Trinajstić information content (AvgIpc) is 2.94. The van der Waals surface area contributed by atoms with Gasteiger partial charge in [-0.05, 0) is 40.6 Å². The van der Waals surface area contributed by atoms with Crippen molar-refractivity contribution in [3.63, 3.8) is 0 Å². The van der Waals surface area contributed by atoms with Crippen LogP contribution in [0.4, 0.5) is 0 Å². The summed E-state index contributed by atoms with van der Waals surface area (Å²) in [6.07, 6.45) is 4.00. The predicted molar refractivity (Wildman–Crippen MR) is 74.9 cm³/mol. The maximum absolute atomic E-state index is 11.9. The van der Waals surface area contributed by atoms with E-state index in [9.17, 15) is 9.59 Å². The largest absolute Gasteiger partial charge is 0.369 e. The van der Waals surface area contributed by atoms with Crippen LogP contribution < -0.4 is 5.73 Å². The second kappa shape index (κ2) is 5.67. The number of carbonyl (C=O) groups is 2. The molecule has 96 valence electrons. The Morgan fingerprint density at radius 2 is 2.28 bits per heavy atom. The van der Waals surface area contributed by atoms with Crippen molar-refractivity contribution < 1.29 is 9.59 Å². The van der Waals surface area contributed by atoms with Crippen LogP contribution in [0.25, 0.3) is 6.08 Å². The summed E-state index contributed by atoms with van der Waals surface area (Å²) in [4.78, 5) is 25.6. The second-order valence-electron chi connectivity index (χ2n) is 4.15. The molecule has 1 fully saturated rings. The van der Waals surface area contributed by atoms with Gasteiger partial charge in [0.2, 0.25) is 11.8 Å². The zero-order valence-corrected chi connectivity index (χ0v) is 12.0. The Kier molecular flexibility index (Phi) is 4.19. The number of nitrogens with two attached hydrogens (primary N) is 1. The Balaban J connectivity index is 1.93. The molecular weight excluding hydrogens is 316 g/mol. The molecule has 2 amide bonds. The third-order valence-electron chi connectivity index (χ3n) is 2.89. The molecule has 6 heteroatoms. The van der Waals surface area contributed by atoms with Crippen molar-refractivity contribution in [3.8, 4) is 0 Å². The Morgan fingerprint density at radius 3 is 2.83 bits per heavy atom. The first-order chi connectivity index (χ1) is 8.56. The van der Waals surface area contributed by atoms with Crippen LogP contribution in [0.2, 0.25) is 0 Å². The van der Waals surface area contributed by atoms with Crippen molar-refractivity contribution in [1.82, 2.24) is 4.90 Å². The maximum atomic E-state index is 11.9. The smallest absolute Gasteiger partial charge is 0.246 e. The molecule has 1 aromatic heterocycles. The lowest BCUT2D eigenvalue weighted by atomic mass is 10.1. The van der Waals surface area contributed by atoms with Crippen LogP contribution in [0.5, 0.6) is 0 Å². The lowest BCUT2D eigenvalue weighted by Gasteiger charge is -2.12. The van der Waals surface area contributed by atoms with Crippen molar-refractivity contribution in [2.24, 2.45) is 11.7 Å². The monoisotopic (exact) mass is 328 g/mol. The number of likely N-dealkylation sites (tertiary alicyclic amines) is 1. The molecule has 1 aromatic rings. The van der Waals surface area contributed by atoms with E-state index in [0.717, 1.165) is 8.66 Å². The first kappa shape index (κ1) is 13.3. The Morgan fingerprint density at radius 1 is 1.50 bits per heavy atom. The number of thiophene rings is 1. The molecular formula is C12H13BrN2O2S. The van der Waals surface area contributed by atoms with Crippen LogP contribution in [0.1, 0.15) is 11.3 Å². The van der Waals surface area contributed by atoms with Gasteiger partial charge < -0.3 is 10.6 Å². The van der Waals surface area contributed by atoms with Gasteiger partial charge in [0.05, 0.1) is 9.70 Å². The fourth-order valence-electron chi connectivity index (χ4n) is 1.87. The SMILES string of the molecule is NC(=O)C1CCN(C(=O)C=Cc2ccc(Br)s2)C1. The third kappa shape index (κ3) is 3.20. The minimum Gasteiger partial charge on any atom is -0.369 e. The highest BCUT2D eigenvalue weighted by atomic mass is 79.9. The molecule has 1 aliphatic heterocycles. The summed E-state index contributed by atoms with van der Waals surface area (Å²) in [7, 11) is 0. The van der Waals surface area contributed by atoms with Gasteiger partial charge in [0.1, 0.15) is 0 Å². The first-order valence-corrected chi connectivity index (χ1v) is 7.19. The summed E-state index contributed by atoms with van der Waals surface area (Å²) in [5, 5.41) is 0. The topological polar surface area (TPSA) is 63.4 Å². The molecule has 2 rings (SSSR count). The third-order valence-corrected chi connectivity index (χ3v) is 4.48.